The maximum absolute atomic E-state index is 4.48. The van der Waals surface area contributed by atoms with E-state index in [-0.39, 0.29) is 0 Å². The SMILES string of the molecule is c1ccc(/N=N/C2CCCCCCC2)cc1. The Morgan fingerprint density at radius 2 is 1.44 bits per heavy atom. The lowest BCUT2D eigenvalue weighted by Gasteiger charge is -2.14. The number of nitrogens with zero attached hydrogens (tertiary/aromatic N) is 2. The molecule has 0 amide bonds. The van der Waals surface area contributed by atoms with E-state index < -0.39 is 0 Å². The maximum Gasteiger partial charge on any atom is 0.0852 e. The van der Waals surface area contributed by atoms with Crippen LogP contribution in [0.4, 0.5) is 5.69 Å². The van der Waals surface area contributed by atoms with E-state index >= 15 is 0 Å². The molecule has 1 fully saturated rings. The van der Waals surface area contributed by atoms with Crippen molar-refractivity contribution in [3.05, 3.63) is 30.3 Å². The average molecular weight is 216 g/mol. The Kier molecular flexibility index (Phi) is 4.53. The summed E-state index contributed by atoms with van der Waals surface area (Å²) < 4.78 is 0. The van der Waals surface area contributed by atoms with E-state index in [0.717, 1.165) is 5.69 Å². The topological polar surface area (TPSA) is 24.7 Å². The Morgan fingerprint density at radius 1 is 0.812 bits per heavy atom. The molecule has 0 bridgehead atoms. The van der Waals surface area contributed by atoms with Crippen LogP contribution in [0.5, 0.6) is 0 Å². The Morgan fingerprint density at radius 3 is 2.12 bits per heavy atom. The molecule has 0 aromatic heterocycles. The van der Waals surface area contributed by atoms with Crippen molar-refractivity contribution in [3.63, 3.8) is 0 Å². The zero-order chi connectivity index (χ0) is 11.1. The summed E-state index contributed by atoms with van der Waals surface area (Å²) in [6, 6.07) is 10.5. The summed E-state index contributed by atoms with van der Waals surface area (Å²) in [5.41, 5.74) is 0.976. The first-order chi connectivity index (χ1) is 7.95. The van der Waals surface area contributed by atoms with Gasteiger partial charge in [0.2, 0.25) is 0 Å². The van der Waals surface area contributed by atoms with E-state index in [4.69, 9.17) is 0 Å². The third-order valence-electron chi connectivity index (χ3n) is 3.17. The Balaban J connectivity index is 1.89. The monoisotopic (exact) mass is 216 g/mol. The molecule has 2 nitrogen and oxygen atoms in total. The van der Waals surface area contributed by atoms with Gasteiger partial charge in [0.25, 0.3) is 0 Å². The minimum absolute atomic E-state index is 0.459. The van der Waals surface area contributed by atoms with Crippen LogP contribution in [0.1, 0.15) is 44.9 Å². The molecular weight excluding hydrogens is 196 g/mol. The van der Waals surface area contributed by atoms with E-state index in [1.54, 1.807) is 0 Å². The summed E-state index contributed by atoms with van der Waals surface area (Å²) in [6.45, 7) is 0. The Labute approximate surface area is 97.8 Å². The molecule has 0 N–H and O–H groups in total. The van der Waals surface area contributed by atoms with Crippen LogP contribution in [0.25, 0.3) is 0 Å². The standard InChI is InChI=1S/C14H20N2/c1-2-5-9-13(10-6-3-1)15-16-14-11-7-4-8-12-14/h4,7-8,11-13H,1-3,5-6,9-10H2/b16-15+. The maximum atomic E-state index is 4.48. The van der Waals surface area contributed by atoms with Gasteiger partial charge in [-0.05, 0) is 25.0 Å². The van der Waals surface area contributed by atoms with Crippen LogP contribution >= 0.6 is 0 Å². The molecule has 16 heavy (non-hydrogen) atoms. The fourth-order valence-corrected chi connectivity index (χ4v) is 2.19. The van der Waals surface area contributed by atoms with E-state index in [0.29, 0.717) is 6.04 Å². The minimum atomic E-state index is 0.459. The second kappa shape index (κ2) is 6.41. The van der Waals surface area contributed by atoms with Gasteiger partial charge in [-0.2, -0.15) is 10.2 Å². The fraction of sp³-hybridized carbons (Fsp3) is 0.571. The lowest BCUT2D eigenvalue weighted by molar-refractivity contribution is 0.445. The van der Waals surface area contributed by atoms with E-state index in [1.165, 1.54) is 44.9 Å². The van der Waals surface area contributed by atoms with Gasteiger partial charge in [0.05, 0.1) is 11.7 Å². The summed E-state index contributed by atoms with van der Waals surface area (Å²) >= 11 is 0. The lowest BCUT2D eigenvalue weighted by atomic mass is 9.97. The molecule has 1 aliphatic rings. The van der Waals surface area contributed by atoms with Crippen LogP contribution in [0, 0.1) is 0 Å². The van der Waals surface area contributed by atoms with Crippen molar-refractivity contribution >= 4 is 5.69 Å². The zero-order valence-electron chi connectivity index (χ0n) is 9.81. The molecule has 2 heteroatoms. The number of rotatable bonds is 2. The number of azo groups is 1. The molecule has 0 aliphatic heterocycles. The first-order valence-corrected chi connectivity index (χ1v) is 6.41. The summed E-state index contributed by atoms with van der Waals surface area (Å²) in [4.78, 5) is 0. The van der Waals surface area contributed by atoms with Gasteiger partial charge in [0.15, 0.2) is 0 Å². The molecule has 0 spiro atoms. The van der Waals surface area contributed by atoms with Gasteiger partial charge in [-0.25, -0.2) is 0 Å². The highest BCUT2D eigenvalue weighted by Crippen LogP contribution is 2.21. The van der Waals surface area contributed by atoms with Crippen molar-refractivity contribution in [2.75, 3.05) is 0 Å². The predicted octanol–water partition coefficient (Wildman–Crippen LogP) is 4.88. The van der Waals surface area contributed by atoms with Crippen molar-refractivity contribution in [2.24, 2.45) is 10.2 Å². The van der Waals surface area contributed by atoms with Crippen molar-refractivity contribution in [3.8, 4) is 0 Å². The van der Waals surface area contributed by atoms with E-state index in [1.807, 2.05) is 30.3 Å². The van der Waals surface area contributed by atoms with Gasteiger partial charge in [0.1, 0.15) is 0 Å². The molecule has 86 valence electrons. The van der Waals surface area contributed by atoms with Crippen molar-refractivity contribution in [1.29, 1.82) is 0 Å². The zero-order valence-corrected chi connectivity index (χ0v) is 9.81. The van der Waals surface area contributed by atoms with Crippen LogP contribution < -0.4 is 0 Å². The molecule has 1 aromatic carbocycles. The van der Waals surface area contributed by atoms with Crippen LogP contribution in [0.15, 0.2) is 40.6 Å². The van der Waals surface area contributed by atoms with Gasteiger partial charge in [-0.15, -0.1) is 0 Å². The normalized spacial score (nSPS) is 19.5. The highest BCUT2D eigenvalue weighted by atomic mass is 15.1. The van der Waals surface area contributed by atoms with Gasteiger partial charge >= 0.3 is 0 Å². The highest BCUT2D eigenvalue weighted by Gasteiger charge is 2.09. The van der Waals surface area contributed by atoms with Crippen LogP contribution in [0.2, 0.25) is 0 Å². The predicted molar refractivity (Wildman–Crippen MR) is 67.1 cm³/mol. The largest absolute Gasteiger partial charge is 0.185 e. The third-order valence-corrected chi connectivity index (χ3v) is 3.17. The molecule has 1 aromatic rings. The van der Waals surface area contributed by atoms with Crippen molar-refractivity contribution in [2.45, 2.75) is 51.0 Å². The Hall–Kier alpha value is -1.18. The molecule has 1 aliphatic carbocycles. The molecule has 1 saturated carbocycles. The second-order valence-electron chi connectivity index (χ2n) is 4.55. The number of hydrogen-bond acceptors (Lipinski definition) is 2. The summed E-state index contributed by atoms with van der Waals surface area (Å²) in [6.07, 6.45) is 9.22. The van der Waals surface area contributed by atoms with E-state index in [9.17, 15) is 0 Å². The molecule has 0 radical (unpaired) electrons. The van der Waals surface area contributed by atoms with Crippen molar-refractivity contribution < 1.29 is 0 Å². The molecular formula is C14H20N2. The first-order valence-electron chi connectivity index (χ1n) is 6.41. The minimum Gasteiger partial charge on any atom is -0.185 e. The first kappa shape index (κ1) is 11.3. The number of hydrogen-bond donors (Lipinski definition) is 0. The molecule has 0 heterocycles. The molecule has 0 atom stereocenters. The summed E-state index contributed by atoms with van der Waals surface area (Å²) in [7, 11) is 0. The van der Waals surface area contributed by atoms with Gasteiger partial charge in [0, 0.05) is 0 Å². The molecule has 0 saturated heterocycles. The second-order valence-corrected chi connectivity index (χ2v) is 4.55. The smallest absolute Gasteiger partial charge is 0.0852 e. The average Bonchev–Trinajstić information content (AvgIpc) is 2.29. The number of benzene rings is 1. The van der Waals surface area contributed by atoms with Crippen LogP contribution in [-0.2, 0) is 0 Å². The van der Waals surface area contributed by atoms with Crippen molar-refractivity contribution in [1.82, 2.24) is 0 Å². The molecule has 0 unspecified atom stereocenters. The van der Waals surface area contributed by atoms with Gasteiger partial charge in [-0.3, -0.25) is 0 Å². The summed E-state index contributed by atoms with van der Waals surface area (Å²) in [5.74, 6) is 0. The third kappa shape index (κ3) is 3.76. The lowest BCUT2D eigenvalue weighted by Crippen LogP contribution is -2.05. The molecule has 2 rings (SSSR count). The summed E-state index contributed by atoms with van der Waals surface area (Å²) in [5, 5.41) is 8.81. The van der Waals surface area contributed by atoms with Gasteiger partial charge in [-0.1, -0.05) is 50.3 Å². The fourth-order valence-electron chi connectivity index (χ4n) is 2.19. The Bertz CT molecular complexity index is 311. The van der Waals surface area contributed by atoms with Gasteiger partial charge < -0.3 is 0 Å². The quantitative estimate of drug-likeness (QED) is 0.629. The van der Waals surface area contributed by atoms with Crippen LogP contribution in [0.3, 0.4) is 0 Å². The van der Waals surface area contributed by atoms with E-state index in [2.05, 4.69) is 10.2 Å². The highest BCUT2D eigenvalue weighted by molar-refractivity contribution is 5.34. The van der Waals surface area contributed by atoms with Crippen LogP contribution in [-0.4, -0.2) is 6.04 Å².